The molecule has 0 heterocycles. The van der Waals surface area contributed by atoms with Crippen LogP contribution in [-0.4, -0.2) is 6.04 Å². The molecule has 0 fully saturated rings. The summed E-state index contributed by atoms with van der Waals surface area (Å²) in [6.45, 7) is 0.943. The van der Waals surface area contributed by atoms with Gasteiger partial charge in [0.05, 0.1) is 0 Å². The van der Waals surface area contributed by atoms with Gasteiger partial charge in [0.25, 0.3) is 0 Å². The van der Waals surface area contributed by atoms with Gasteiger partial charge in [-0.25, -0.2) is 0 Å². The number of benzene rings is 2. The van der Waals surface area contributed by atoms with Crippen molar-refractivity contribution >= 4 is 15.9 Å². The van der Waals surface area contributed by atoms with Crippen molar-refractivity contribution in [1.29, 1.82) is 0 Å². The minimum atomic E-state index is 0.585. The summed E-state index contributed by atoms with van der Waals surface area (Å²) in [5.41, 5.74) is 4.34. The zero-order chi connectivity index (χ0) is 12.4. The van der Waals surface area contributed by atoms with E-state index in [9.17, 15) is 0 Å². The van der Waals surface area contributed by atoms with Gasteiger partial charge in [0.15, 0.2) is 0 Å². The highest BCUT2D eigenvalue weighted by atomic mass is 79.9. The summed E-state index contributed by atoms with van der Waals surface area (Å²) < 4.78 is 1.15. The Morgan fingerprint density at radius 3 is 2.39 bits per heavy atom. The Hall–Kier alpha value is -1.12. The molecule has 1 nitrogen and oxygen atoms in total. The molecule has 0 saturated heterocycles. The number of fused-ring (bicyclic) bond motifs is 1. The third-order valence-electron chi connectivity index (χ3n) is 3.53. The SMILES string of the molecule is Brc1cccc(CNC2Cc3ccccc3C2)c1. The van der Waals surface area contributed by atoms with Gasteiger partial charge in [0, 0.05) is 17.1 Å². The van der Waals surface area contributed by atoms with Crippen LogP contribution in [0.5, 0.6) is 0 Å². The average molecular weight is 302 g/mol. The molecule has 2 aromatic rings. The van der Waals surface area contributed by atoms with Crippen LogP contribution in [0, 0.1) is 0 Å². The van der Waals surface area contributed by atoms with Crippen molar-refractivity contribution in [3.63, 3.8) is 0 Å². The minimum Gasteiger partial charge on any atom is -0.309 e. The quantitative estimate of drug-likeness (QED) is 0.911. The van der Waals surface area contributed by atoms with Crippen molar-refractivity contribution in [3.05, 3.63) is 69.7 Å². The molecule has 0 amide bonds. The molecule has 0 aromatic heterocycles. The van der Waals surface area contributed by atoms with Gasteiger partial charge in [0.1, 0.15) is 0 Å². The summed E-state index contributed by atoms with van der Waals surface area (Å²) in [6.07, 6.45) is 2.31. The molecule has 3 rings (SSSR count). The molecule has 0 unspecified atom stereocenters. The van der Waals surface area contributed by atoms with E-state index >= 15 is 0 Å². The first-order valence-electron chi connectivity index (χ1n) is 6.36. The van der Waals surface area contributed by atoms with Gasteiger partial charge in [-0.1, -0.05) is 52.3 Å². The van der Waals surface area contributed by atoms with E-state index < -0.39 is 0 Å². The summed E-state index contributed by atoms with van der Waals surface area (Å²) in [4.78, 5) is 0. The van der Waals surface area contributed by atoms with E-state index in [1.54, 1.807) is 0 Å². The van der Waals surface area contributed by atoms with Crippen molar-refractivity contribution in [2.75, 3.05) is 0 Å². The van der Waals surface area contributed by atoms with Crippen molar-refractivity contribution in [1.82, 2.24) is 5.32 Å². The van der Waals surface area contributed by atoms with E-state index in [0.717, 1.165) is 23.9 Å². The molecule has 0 saturated carbocycles. The Bertz CT molecular complexity index is 525. The fourth-order valence-corrected chi connectivity index (χ4v) is 3.06. The number of hydrogen-bond acceptors (Lipinski definition) is 1. The number of nitrogens with one attached hydrogen (secondary N) is 1. The Morgan fingerprint density at radius 2 is 1.72 bits per heavy atom. The topological polar surface area (TPSA) is 12.0 Å². The number of halogens is 1. The molecule has 0 radical (unpaired) electrons. The molecule has 0 aliphatic heterocycles. The monoisotopic (exact) mass is 301 g/mol. The van der Waals surface area contributed by atoms with E-state index in [1.165, 1.54) is 16.7 Å². The lowest BCUT2D eigenvalue weighted by atomic mass is 10.1. The highest BCUT2D eigenvalue weighted by Crippen LogP contribution is 2.22. The highest BCUT2D eigenvalue weighted by molar-refractivity contribution is 9.10. The fourth-order valence-electron chi connectivity index (χ4n) is 2.61. The molecule has 2 aromatic carbocycles. The largest absolute Gasteiger partial charge is 0.309 e. The van der Waals surface area contributed by atoms with Gasteiger partial charge in [0.2, 0.25) is 0 Å². The lowest BCUT2D eigenvalue weighted by Crippen LogP contribution is -2.28. The van der Waals surface area contributed by atoms with Crippen LogP contribution >= 0.6 is 15.9 Å². The maximum Gasteiger partial charge on any atom is 0.0208 e. The van der Waals surface area contributed by atoms with Gasteiger partial charge in [-0.3, -0.25) is 0 Å². The average Bonchev–Trinajstić information content (AvgIpc) is 2.79. The molecule has 0 spiro atoms. The fraction of sp³-hybridized carbons (Fsp3) is 0.250. The molecule has 0 atom stereocenters. The molecule has 1 aliphatic carbocycles. The van der Waals surface area contributed by atoms with Crippen LogP contribution in [0.4, 0.5) is 0 Å². The smallest absolute Gasteiger partial charge is 0.0208 e. The van der Waals surface area contributed by atoms with E-state index in [2.05, 4.69) is 69.8 Å². The Kier molecular flexibility index (Phi) is 3.48. The number of hydrogen-bond donors (Lipinski definition) is 1. The van der Waals surface area contributed by atoms with Crippen LogP contribution < -0.4 is 5.32 Å². The van der Waals surface area contributed by atoms with Gasteiger partial charge < -0.3 is 5.32 Å². The molecule has 18 heavy (non-hydrogen) atoms. The van der Waals surface area contributed by atoms with E-state index in [-0.39, 0.29) is 0 Å². The zero-order valence-electron chi connectivity index (χ0n) is 10.2. The highest BCUT2D eigenvalue weighted by Gasteiger charge is 2.19. The molecule has 92 valence electrons. The van der Waals surface area contributed by atoms with Crippen LogP contribution in [-0.2, 0) is 19.4 Å². The second-order valence-electron chi connectivity index (χ2n) is 4.88. The predicted molar refractivity (Wildman–Crippen MR) is 78.6 cm³/mol. The standard InChI is InChI=1S/C16H16BrN/c17-15-7-3-4-12(8-15)11-18-16-9-13-5-1-2-6-14(13)10-16/h1-8,16,18H,9-11H2. The van der Waals surface area contributed by atoms with Gasteiger partial charge >= 0.3 is 0 Å². The Morgan fingerprint density at radius 1 is 1.00 bits per heavy atom. The first-order chi connectivity index (χ1) is 8.81. The predicted octanol–water partition coefficient (Wildman–Crippen LogP) is 3.71. The van der Waals surface area contributed by atoms with Crippen LogP contribution in [0.1, 0.15) is 16.7 Å². The van der Waals surface area contributed by atoms with Crippen LogP contribution in [0.3, 0.4) is 0 Å². The van der Waals surface area contributed by atoms with Gasteiger partial charge in [-0.05, 0) is 41.7 Å². The van der Waals surface area contributed by atoms with Gasteiger partial charge in [-0.15, -0.1) is 0 Å². The van der Waals surface area contributed by atoms with E-state index in [0.29, 0.717) is 6.04 Å². The van der Waals surface area contributed by atoms with Crippen molar-refractivity contribution in [2.24, 2.45) is 0 Å². The summed E-state index contributed by atoms with van der Waals surface area (Å²) in [7, 11) is 0. The van der Waals surface area contributed by atoms with Crippen LogP contribution in [0.25, 0.3) is 0 Å². The van der Waals surface area contributed by atoms with Gasteiger partial charge in [-0.2, -0.15) is 0 Å². The summed E-state index contributed by atoms with van der Waals surface area (Å²) in [5.74, 6) is 0. The van der Waals surface area contributed by atoms with Crippen LogP contribution in [0.15, 0.2) is 53.0 Å². The van der Waals surface area contributed by atoms with E-state index in [4.69, 9.17) is 0 Å². The van der Waals surface area contributed by atoms with Crippen molar-refractivity contribution in [2.45, 2.75) is 25.4 Å². The Balaban J connectivity index is 1.60. The van der Waals surface area contributed by atoms with Crippen molar-refractivity contribution in [3.8, 4) is 0 Å². The second kappa shape index (κ2) is 5.25. The maximum atomic E-state index is 3.65. The third-order valence-corrected chi connectivity index (χ3v) is 4.03. The minimum absolute atomic E-state index is 0.585. The summed E-state index contributed by atoms with van der Waals surface area (Å²) in [6, 6.07) is 17.8. The normalized spacial score (nSPS) is 14.7. The lowest BCUT2D eigenvalue weighted by Gasteiger charge is -2.12. The van der Waals surface area contributed by atoms with Crippen molar-refractivity contribution < 1.29 is 0 Å². The summed E-state index contributed by atoms with van der Waals surface area (Å²) >= 11 is 3.51. The molecular weight excluding hydrogens is 286 g/mol. The first kappa shape index (κ1) is 11.9. The molecular formula is C16H16BrN. The van der Waals surface area contributed by atoms with Crippen LogP contribution in [0.2, 0.25) is 0 Å². The molecule has 1 aliphatic rings. The first-order valence-corrected chi connectivity index (χ1v) is 7.15. The maximum absolute atomic E-state index is 3.65. The van der Waals surface area contributed by atoms with E-state index in [1.807, 2.05) is 0 Å². The molecule has 0 bridgehead atoms. The lowest BCUT2D eigenvalue weighted by molar-refractivity contribution is 0.533. The zero-order valence-corrected chi connectivity index (χ0v) is 11.8. The summed E-state index contributed by atoms with van der Waals surface area (Å²) in [5, 5.41) is 3.65. The molecule has 1 N–H and O–H groups in total. The molecule has 2 heteroatoms. The third kappa shape index (κ3) is 2.65. The number of rotatable bonds is 3. The Labute approximate surface area is 116 Å². The second-order valence-corrected chi connectivity index (χ2v) is 5.80.